The van der Waals surface area contributed by atoms with E-state index < -0.39 is 0 Å². The van der Waals surface area contributed by atoms with E-state index in [9.17, 15) is 0 Å². The molecule has 12 rings (SSSR count). The van der Waals surface area contributed by atoms with Gasteiger partial charge in [0.2, 0.25) is 6.71 Å². The third-order valence-corrected chi connectivity index (χ3v) is 14.7. The van der Waals surface area contributed by atoms with Crippen molar-refractivity contribution >= 4 is 66.7 Å². The largest absolute Gasteiger partial charge is 0.309 e. The molecule has 3 heteroatoms. The van der Waals surface area contributed by atoms with Crippen LogP contribution in [0.3, 0.4) is 0 Å². The van der Waals surface area contributed by atoms with Gasteiger partial charge >= 0.3 is 0 Å². The van der Waals surface area contributed by atoms with Gasteiger partial charge in [0, 0.05) is 32.9 Å². The fourth-order valence-corrected chi connectivity index (χ4v) is 11.8. The first kappa shape index (κ1) is 42.2. The Bertz CT molecular complexity index is 3730. The summed E-state index contributed by atoms with van der Waals surface area (Å²) in [7, 11) is 0. The zero-order valence-corrected chi connectivity index (χ0v) is 40.2. The van der Waals surface area contributed by atoms with Crippen molar-refractivity contribution in [2.24, 2.45) is 0 Å². The minimum absolute atomic E-state index is 0.00564. The summed E-state index contributed by atoms with van der Waals surface area (Å²) in [5, 5.41) is 5.09. The minimum atomic E-state index is 0.00564. The minimum Gasteiger partial charge on any atom is -0.309 e. The monoisotopic (exact) mass is 884 g/mol. The Hall–Kier alpha value is -8.14. The van der Waals surface area contributed by atoms with Gasteiger partial charge in [0.15, 0.2) is 0 Å². The summed E-state index contributed by atoms with van der Waals surface area (Å²) in [6, 6.07) is 79.1. The molecule has 0 spiro atoms. The third kappa shape index (κ3) is 7.20. The van der Waals surface area contributed by atoms with Crippen LogP contribution in [0.1, 0.15) is 33.4 Å². The Morgan fingerprint density at radius 2 is 0.594 bits per heavy atom. The second-order valence-electron chi connectivity index (χ2n) is 19.3. The molecule has 330 valence electrons. The molecule has 2 nitrogen and oxygen atoms in total. The first-order valence-electron chi connectivity index (χ1n) is 24.3. The summed E-state index contributed by atoms with van der Waals surface area (Å²) < 4.78 is 4.78. The first-order chi connectivity index (χ1) is 33.7. The van der Waals surface area contributed by atoms with E-state index in [1.165, 1.54) is 127 Å². The van der Waals surface area contributed by atoms with Crippen molar-refractivity contribution in [3.05, 3.63) is 246 Å². The van der Waals surface area contributed by atoms with Crippen LogP contribution >= 0.6 is 0 Å². The van der Waals surface area contributed by atoms with Gasteiger partial charge in [-0.05, 0) is 123 Å². The van der Waals surface area contributed by atoms with E-state index in [-0.39, 0.29) is 6.71 Å². The molecule has 0 saturated heterocycles. The van der Waals surface area contributed by atoms with Crippen LogP contribution in [0.25, 0.3) is 88.4 Å². The third-order valence-electron chi connectivity index (χ3n) is 14.7. The molecule has 0 bridgehead atoms. The van der Waals surface area contributed by atoms with E-state index >= 15 is 0 Å². The van der Waals surface area contributed by atoms with Crippen LogP contribution < -0.4 is 16.4 Å². The number of aromatic nitrogens is 2. The maximum atomic E-state index is 2.49. The highest BCUT2D eigenvalue weighted by molar-refractivity contribution is 6.97. The molecule has 0 aliphatic carbocycles. The van der Waals surface area contributed by atoms with Gasteiger partial charge in [0.1, 0.15) is 0 Å². The number of rotatable bonds is 8. The van der Waals surface area contributed by atoms with Gasteiger partial charge < -0.3 is 9.13 Å². The molecule has 10 aromatic carbocycles. The number of hydrogen-bond donors (Lipinski definition) is 0. The molecule has 0 N–H and O–H groups in total. The lowest BCUT2D eigenvalue weighted by molar-refractivity contribution is 1.18. The molecule has 0 aliphatic heterocycles. The molecule has 0 saturated carbocycles. The number of aryl methyl sites for hydroxylation is 6. The zero-order valence-electron chi connectivity index (χ0n) is 40.2. The van der Waals surface area contributed by atoms with Crippen molar-refractivity contribution in [2.75, 3.05) is 0 Å². The molecule has 2 heterocycles. The maximum Gasteiger partial charge on any atom is 0.243 e. The standard InChI is InChI=1S/C66H53BN2/c1-42-37-44(3)65(45(4)38-42)67(66-46(5)39-43(2)40-47(66)6)60-41-52(50-29-34-54(35-30-50)69-63-21-13-9-17-58(63)59-18-10-14-22-64(59)69)31-36-55(60)51-25-23-48(24-26-51)49-27-32-53(33-28-49)68-61-19-11-7-15-56(61)57-16-8-12-20-62(57)68/h7-41H,1-6H3. The Morgan fingerprint density at radius 3 is 0.971 bits per heavy atom. The van der Waals surface area contributed by atoms with Crippen LogP contribution in [0, 0.1) is 41.5 Å². The average Bonchev–Trinajstić information content (AvgIpc) is 3.88. The van der Waals surface area contributed by atoms with Gasteiger partial charge in [-0.25, -0.2) is 0 Å². The quantitative estimate of drug-likeness (QED) is 0.135. The van der Waals surface area contributed by atoms with Gasteiger partial charge in [0.05, 0.1) is 22.1 Å². The lowest BCUT2D eigenvalue weighted by atomic mass is 9.33. The van der Waals surface area contributed by atoms with Crippen LogP contribution in [0.5, 0.6) is 0 Å². The summed E-state index contributed by atoms with van der Waals surface area (Å²) >= 11 is 0. The van der Waals surface area contributed by atoms with E-state index in [0.29, 0.717) is 0 Å². The summed E-state index contributed by atoms with van der Waals surface area (Å²) in [6.45, 7) is 13.7. The van der Waals surface area contributed by atoms with Crippen molar-refractivity contribution in [1.29, 1.82) is 0 Å². The van der Waals surface area contributed by atoms with Gasteiger partial charge in [-0.2, -0.15) is 0 Å². The number of benzene rings is 10. The average molecular weight is 885 g/mol. The van der Waals surface area contributed by atoms with Gasteiger partial charge in [-0.15, -0.1) is 0 Å². The van der Waals surface area contributed by atoms with E-state index in [0.717, 1.165) is 11.4 Å². The van der Waals surface area contributed by atoms with Crippen LogP contribution in [0.15, 0.2) is 212 Å². The van der Waals surface area contributed by atoms with Crippen LogP contribution in [0.4, 0.5) is 0 Å². The lowest BCUT2D eigenvalue weighted by Gasteiger charge is -2.27. The SMILES string of the molecule is Cc1cc(C)c(B(c2cc(-c3ccc(-n4c5ccccc5c5ccccc54)cc3)ccc2-c2ccc(-c3ccc(-n4c5ccccc5c5ccccc54)cc3)cc2)c2c(C)cc(C)cc2C)c(C)c1. The Kier molecular flexibility index (Phi) is 10.3. The number of fused-ring (bicyclic) bond motifs is 6. The molecular formula is C66H53BN2. The molecular weight excluding hydrogens is 832 g/mol. The van der Waals surface area contributed by atoms with Crippen molar-refractivity contribution in [3.8, 4) is 44.8 Å². The molecule has 0 unspecified atom stereocenters. The molecule has 0 atom stereocenters. The zero-order chi connectivity index (χ0) is 46.9. The summed E-state index contributed by atoms with van der Waals surface area (Å²) in [4.78, 5) is 0. The molecule has 2 aromatic heterocycles. The molecule has 0 aliphatic rings. The number of nitrogens with zero attached hydrogens (tertiary/aromatic N) is 2. The number of hydrogen-bond acceptors (Lipinski definition) is 0. The normalized spacial score (nSPS) is 11.6. The Balaban J connectivity index is 0.983. The van der Waals surface area contributed by atoms with Gasteiger partial charge in [-0.1, -0.05) is 214 Å². The van der Waals surface area contributed by atoms with Crippen LogP contribution in [-0.4, -0.2) is 15.8 Å². The van der Waals surface area contributed by atoms with Crippen molar-refractivity contribution in [1.82, 2.24) is 9.13 Å². The molecule has 69 heavy (non-hydrogen) atoms. The highest BCUT2D eigenvalue weighted by atomic mass is 15.0. The number of para-hydroxylation sites is 4. The van der Waals surface area contributed by atoms with Crippen molar-refractivity contribution in [3.63, 3.8) is 0 Å². The molecule has 12 aromatic rings. The first-order valence-corrected chi connectivity index (χ1v) is 24.3. The van der Waals surface area contributed by atoms with Gasteiger partial charge in [-0.3, -0.25) is 0 Å². The van der Waals surface area contributed by atoms with Crippen LogP contribution in [0.2, 0.25) is 0 Å². The van der Waals surface area contributed by atoms with E-state index in [1.54, 1.807) is 0 Å². The summed E-state index contributed by atoms with van der Waals surface area (Å²) in [5.74, 6) is 0. The molecule has 0 amide bonds. The van der Waals surface area contributed by atoms with Crippen molar-refractivity contribution in [2.45, 2.75) is 41.5 Å². The second kappa shape index (κ2) is 16.9. The summed E-state index contributed by atoms with van der Waals surface area (Å²) in [6.07, 6.45) is 0. The Morgan fingerprint density at radius 1 is 0.290 bits per heavy atom. The summed E-state index contributed by atoms with van der Waals surface area (Å²) in [5.41, 5.74) is 26.4. The predicted octanol–water partition coefficient (Wildman–Crippen LogP) is 15.2. The molecule has 0 radical (unpaired) electrons. The fourth-order valence-electron chi connectivity index (χ4n) is 11.8. The molecule has 0 fully saturated rings. The van der Waals surface area contributed by atoms with Crippen LogP contribution in [-0.2, 0) is 0 Å². The van der Waals surface area contributed by atoms with E-state index in [2.05, 4.69) is 263 Å². The van der Waals surface area contributed by atoms with E-state index in [4.69, 9.17) is 0 Å². The fraction of sp³-hybridized carbons (Fsp3) is 0.0909. The van der Waals surface area contributed by atoms with E-state index in [1.807, 2.05) is 0 Å². The smallest absolute Gasteiger partial charge is 0.243 e. The Labute approximate surface area is 405 Å². The predicted molar refractivity (Wildman–Crippen MR) is 297 cm³/mol. The van der Waals surface area contributed by atoms with Gasteiger partial charge in [0.25, 0.3) is 0 Å². The highest BCUT2D eigenvalue weighted by Gasteiger charge is 2.31. The highest BCUT2D eigenvalue weighted by Crippen LogP contribution is 2.35. The topological polar surface area (TPSA) is 9.86 Å². The lowest BCUT2D eigenvalue weighted by Crippen LogP contribution is -2.56. The maximum absolute atomic E-state index is 2.49. The van der Waals surface area contributed by atoms with Crippen molar-refractivity contribution < 1.29 is 0 Å². The second-order valence-corrected chi connectivity index (χ2v) is 19.3.